The molecule has 2 heterocycles. The van der Waals surface area contributed by atoms with E-state index in [-0.39, 0.29) is 0 Å². The van der Waals surface area contributed by atoms with E-state index in [9.17, 15) is 0 Å². The summed E-state index contributed by atoms with van der Waals surface area (Å²) < 4.78 is 0. The topological polar surface area (TPSA) is 37.8 Å². The fraction of sp³-hybridized carbons (Fsp3) is 0.375. The SMILES string of the molecule is CCCc1nc(-c2ccccc2Cl)nc2c1CNCC2. The molecule has 2 aromatic rings. The predicted octanol–water partition coefficient (Wildman–Crippen LogP) is 3.40. The molecule has 1 aromatic carbocycles. The number of hydrogen-bond acceptors (Lipinski definition) is 3. The van der Waals surface area contributed by atoms with Crippen molar-refractivity contribution < 1.29 is 0 Å². The average Bonchev–Trinajstić information content (AvgIpc) is 2.48. The lowest BCUT2D eigenvalue weighted by atomic mass is 10.0. The van der Waals surface area contributed by atoms with Crippen LogP contribution >= 0.6 is 11.6 Å². The Kier molecular flexibility index (Phi) is 3.99. The molecule has 1 aromatic heterocycles. The molecule has 104 valence electrons. The Bertz CT molecular complexity index is 625. The van der Waals surface area contributed by atoms with E-state index >= 15 is 0 Å². The number of hydrogen-bond donors (Lipinski definition) is 1. The highest BCUT2D eigenvalue weighted by Crippen LogP contribution is 2.27. The first-order chi connectivity index (χ1) is 9.79. The normalized spacial score (nSPS) is 14.1. The number of rotatable bonds is 3. The van der Waals surface area contributed by atoms with Crippen LogP contribution in [0.5, 0.6) is 0 Å². The van der Waals surface area contributed by atoms with Crippen molar-refractivity contribution in [3.63, 3.8) is 0 Å². The van der Waals surface area contributed by atoms with Crippen LogP contribution in [0.25, 0.3) is 11.4 Å². The molecule has 0 saturated carbocycles. The van der Waals surface area contributed by atoms with Gasteiger partial charge < -0.3 is 5.32 Å². The lowest BCUT2D eigenvalue weighted by Gasteiger charge is -2.20. The summed E-state index contributed by atoms with van der Waals surface area (Å²) in [6.07, 6.45) is 3.04. The molecule has 0 saturated heterocycles. The molecule has 1 aliphatic heterocycles. The van der Waals surface area contributed by atoms with Crippen LogP contribution in [-0.2, 0) is 19.4 Å². The van der Waals surface area contributed by atoms with Gasteiger partial charge in [-0.25, -0.2) is 9.97 Å². The van der Waals surface area contributed by atoms with Crippen LogP contribution in [0.3, 0.4) is 0 Å². The summed E-state index contributed by atoms with van der Waals surface area (Å²) in [5, 5.41) is 4.12. The quantitative estimate of drug-likeness (QED) is 0.940. The van der Waals surface area contributed by atoms with Crippen molar-refractivity contribution in [2.75, 3.05) is 6.54 Å². The summed E-state index contributed by atoms with van der Waals surface area (Å²) >= 11 is 6.28. The van der Waals surface area contributed by atoms with Crippen LogP contribution in [0, 0.1) is 0 Å². The van der Waals surface area contributed by atoms with Gasteiger partial charge in [-0.05, 0) is 18.6 Å². The summed E-state index contributed by atoms with van der Waals surface area (Å²) in [5.74, 6) is 0.764. The third-order valence-electron chi connectivity index (χ3n) is 3.62. The molecule has 1 aliphatic rings. The maximum absolute atomic E-state index is 6.28. The predicted molar refractivity (Wildman–Crippen MR) is 81.9 cm³/mol. The second-order valence-electron chi connectivity index (χ2n) is 5.08. The largest absolute Gasteiger partial charge is 0.312 e. The van der Waals surface area contributed by atoms with Gasteiger partial charge in [-0.15, -0.1) is 0 Å². The fourth-order valence-corrected chi connectivity index (χ4v) is 2.84. The number of fused-ring (bicyclic) bond motifs is 1. The first-order valence-corrected chi connectivity index (χ1v) is 7.51. The molecule has 0 amide bonds. The van der Waals surface area contributed by atoms with Crippen LogP contribution in [0.1, 0.15) is 30.3 Å². The number of aryl methyl sites for hydroxylation is 1. The molecule has 4 heteroatoms. The Morgan fingerprint density at radius 1 is 1.25 bits per heavy atom. The summed E-state index contributed by atoms with van der Waals surface area (Å²) in [4.78, 5) is 9.52. The number of aromatic nitrogens is 2. The maximum Gasteiger partial charge on any atom is 0.161 e. The smallest absolute Gasteiger partial charge is 0.161 e. The highest BCUT2D eigenvalue weighted by molar-refractivity contribution is 6.33. The van der Waals surface area contributed by atoms with Crippen molar-refractivity contribution in [2.45, 2.75) is 32.7 Å². The summed E-state index contributed by atoms with van der Waals surface area (Å²) in [6, 6.07) is 7.79. The van der Waals surface area contributed by atoms with Gasteiger partial charge >= 0.3 is 0 Å². The van der Waals surface area contributed by atoms with Gasteiger partial charge in [0.05, 0.1) is 10.7 Å². The van der Waals surface area contributed by atoms with Crippen molar-refractivity contribution in [1.82, 2.24) is 15.3 Å². The lowest BCUT2D eigenvalue weighted by molar-refractivity contribution is 0.615. The first-order valence-electron chi connectivity index (χ1n) is 7.14. The average molecular weight is 288 g/mol. The molecule has 0 bridgehead atoms. The van der Waals surface area contributed by atoms with Crippen LogP contribution in [0.15, 0.2) is 24.3 Å². The van der Waals surface area contributed by atoms with Crippen LogP contribution in [0.4, 0.5) is 0 Å². The van der Waals surface area contributed by atoms with E-state index in [4.69, 9.17) is 21.6 Å². The molecule has 20 heavy (non-hydrogen) atoms. The standard InChI is InChI=1S/C16H18ClN3/c1-2-5-14-12-10-18-9-8-15(12)20-16(19-14)11-6-3-4-7-13(11)17/h3-4,6-7,18H,2,5,8-10H2,1H3. The molecular weight excluding hydrogens is 270 g/mol. The van der Waals surface area contributed by atoms with E-state index in [0.29, 0.717) is 5.02 Å². The van der Waals surface area contributed by atoms with Gasteiger partial charge in [0.2, 0.25) is 0 Å². The number of halogens is 1. The van der Waals surface area contributed by atoms with Crippen molar-refractivity contribution >= 4 is 11.6 Å². The molecule has 0 fully saturated rings. The Labute approximate surface area is 124 Å². The minimum absolute atomic E-state index is 0.712. The highest BCUT2D eigenvalue weighted by atomic mass is 35.5. The Morgan fingerprint density at radius 2 is 2.10 bits per heavy atom. The fourth-order valence-electron chi connectivity index (χ4n) is 2.62. The van der Waals surface area contributed by atoms with Crippen LogP contribution in [0.2, 0.25) is 5.02 Å². The summed E-state index contributed by atoms with van der Waals surface area (Å²) in [7, 11) is 0. The zero-order valence-electron chi connectivity index (χ0n) is 11.6. The Morgan fingerprint density at radius 3 is 2.90 bits per heavy atom. The molecular formula is C16H18ClN3. The van der Waals surface area contributed by atoms with Crippen LogP contribution in [-0.4, -0.2) is 16.5 Å². The molecule has 3 nitrogen and oxygen atoms in total. The van der Waals surface area contributed by atoms with E-state index < -0.39 is 0 Å². The lowest BCUT2D eigenvalue weighted by Crippen LogP contribution is -2.26. The van der Waals surface area contributed by atoms with E-state index in [1.54, 1.807) is 0 Å². The zero-order chi connectivity index (χ0) is 13.9. The Balaban J connectivity index is 2.13. The maximum atomic E-state index is 6.28. The van der Waals surface area contributed by atoms with E-state index in [0.717, 1.165) is 43.7 Å². The molecule has 1 N–H and O–H groups in total. The molecule has 0 spiro atoms. The van der Waals surface area contributed by atoms with Gasteiger partial charge in [0.1, 0.15) is 0 Å². The summed E-state index contributed by atoms with van der Waals surface area (Å²) in [6.45, 7) is 4.05. The first kappa shape index (κ1) is 13.5. The van der Waals surface area contributed by atoms with Gasteiger partial charge in [0.15, 0.2) is 5.82 Å². The van der Waals surface area contributed by atoms with Gasteiger partial charge in [-0.2, -0.15) is 0 Å². The zero-order valence-corrected chi connectivity index (χ0v) is 12.4. The van der Waals surface area contributed by atoms with Crippen molar-refractivity contribution in [3.05, 3.63) is 46.2 Å². The van der Waals surface area contributed by atoms with Crippen molar-refractivity contribution in [2.24, 2.45) is 0 Å². The van der Waals surface area contributed by atoms with Gasteiger partial charge in [-0.3, -0.25) is 0 Å². The second kappa shape index (κ2) is 5.90. The second-order valence-corrected chi connectivity index (χ2v) is 5.48. The van der Waals surface area contributed by atoms with Gasteiger partial charge in [-0.1, -0.05) is 37.1 Å². The number of nitrogens with zero attached hydrogens (tertiary/aromatic N) is 2. The number of nitrogens with one attached hydrogen (secondary N) is 1. The van der Waals surface area contributed by atoms with Crippen molar-refractivity contribution in [3.8, 4) is 11.4 Å². The highest BCUT2D eigenvalue weighted by Gasteiger charge is 2.18. The molecule has 0 radical (unpaired) electrons. The van der Waals surface area contributed by atoms with Crippen molar-refractivity contribution in [1.29, 1.82) is 0 Å². The minimum atomic E-state index is 0.712. The molecule has 3 rings (SSSR count). The summed E-state index contributed by atoms with van der Waals surface area (Å²) in [5.41, 5.74) is 4.55. The monoisotopic (exact) mass is 287 g/mol. The minimum Gasteiger partial charge on any atom is -0.312 e. The molecule has 0 unspecified atom stereocenters. The third-order valence-corrected chi connectivity index (χ3v) is 3.95. The van der Waals surface area contributed by atoms with Crippen LogP contribution < -0.4 is 5.32 Å². The van der Waals surface area contributed by atoms with E-state index in [1.807, 2.05) is 24.3 Å². The van der Waals surface area contributed by atoms with Gasteiger partial charge in [0.25, 0.3) is 0 Å². The third kappa shape index (κ3) is 2.56. The van der Waals surface area contributed by atoms with E-state index in [1.165, 1.54) is 17.0 Å². The Hall–Kier alpha value is -1.45. The number of benzene rings is 1. The van der Waals surface area contributed by atoms with E-state index in [2.05, 4.69) is 12.2 Å². The molecule has 0 aliphatic carbocycles. The molecule has 0 atom stereocenters. The van der Waals surface area contributed by atoms with Gasteiger partial charge in [0, 0.05) is 36.3 Å².